The Morgan fingerprint density at radius 2 is 1.24 bits per heavy atom. The number of anilines is 1. The lowest BCUT2D eigenvalue weighted by molar-refractivity contribution is -0.187. The first-order valence-corrected chi connectivity index (χ1v) is 21.8. The van der Waals surface area contributed by atoms with E-state index in [1.165, 1.54) is 36.7 Å². The van der Waals surface area contributed by atoms with Gasteiger partial charge in [-0.2, -0.15) is 13.2 Å². The predicted molar refractivity (Wildman–Crippen MR) is 231 cm³/mol. The van der Waals surface area contributed by atoms with Crippen LogP contribution in [0.2, 0.25) is 0 Å². The van der Waals surface area contributed by atoms with Crippen LogP contribution in [0.25, 0.3) is 0 Å². The fourth-order valence-electron chi connectivity index (χ4n) is 8.81. The summed E-state index contributed by atoms with van der Waals surface area (Å²) in [6.45, 7) is 11.1. The van der Waals surface area contributed by atoms with Crippen molar-refractivity contribution in [2.75, 3.05) is 77.4 Å². The molecule has 3 heterocycles. The molecular formula is C45H60ClF5N8O4. The lowest BCUT2D eigenvalue weighted by Gasteiger charge is -2.35. The molecule has 0 radical (unpaired) electrons. The summed E-state index contributed by atoms with van der Waals surface area (Å²) in [4.78, 5) is 51.9. The summed E-state index contributed by atoms with van der Waals surface area (Å²) >= 11 is 0. The number of hydrogen-bond donors (Lipinski definition) is 2. The van der Waals surface area contributed by atoms with Crippen LogP contribution in [0.4, 0.5) is 27.9 Å². The molecule has 0 bridgehead atoms. The highest BCUT2D eigenvalue weighted by atomic mass is 35.5. The molecule has 2 saturated carbocycles. The minimum Gasteiger partial charge on any atom is -0.462 e. The molecule has 4 unspecified atom stereocenters. The molecule has 4 aliphatic rings. The van der Waals surface area contributed by atoms with Crippen molar-refractivity contribution in [3.05, 3.63) is 89.2 Å². The number of ether oxygens (including phenoxy) is 1. The second kappa shape index (κ2) is 22.9. The highest BCUT2D eigenvalue weighted by Gasteiger charge is 2.52. The van der Waals surface area contributed by atoms with Gasteiger partial charge in [-0.15, -0.1) is 12.4 Å². The number of nitrogens with one attached hydrogen (secondary N) is 1. The number of esters is 1. The molecule has 2 aliphatic carbocycles. The summed E-state index contributed by atoms with van der Waals surface area (Å²) in [5, 5.41) is 3.09. The second-order valence-electron chi connectivity index (χ2n) is 16.9. The zero-order valence-corrected chi connectivity index (χ0v) is 36.8. The minimum absolute atomic E-state index is 0. The molecule has 7 rings (SSSR count). The van der Waals surface area contributed by atoms with Gasteiger partial charge < -0.3 is 35.4 Å². The van der Waals surface area contributed by atoms with Gasteiger partial charge >= 0.3 is 18.1 Å². The Balaban J connectivity index is 0.000000258. The van der Waals surface area contributed by atoms with Gasteiger partial charge in [-0.3, -0.25) is 9.59 Å². The van der Waals surface area contributed by atoms with Gasteiger partial charge in [0.15, 0.2) is 0 Å². The van der Waals surface area contributed by atoms with Gasteiger partial charge in [0.2, 0.25) is 11.9 Å². The topological polar surface area (TPSA) is 137 Å². The number of likely N-dealkylation sites (tertiary alicyclic amines) is 2. The van der Waals surface area contributed by atoms with E-state index in [0.717, 1.165) is 61.5 Å². The first kappa shape index (κ1) is 49.6. The van der Waals surface area contributed by atoms with Crippen molar-refractivity contribution in [3.8, 4) is 0 Å². The molecule has 2 aliphatic heterocycles. The Bertz CT molecular complexity index is 1910. The summed E-state index contributed by atoms with van der Waals surface area (Å²) in [6, 6.07) is 12.2. The molecular weight excluding hydrogens is 847 g/mol. The Morgan fingerprint density at radius 3 is 1.68 bits per heavy atom. The second-order valence-corrected chi connectivity index (χ2v) is 16.9. The van der Waals surface area contributed by atoms with E-state index in [4.69, 9.17) is 10.5 Å². The van der Waals surface area contributed by atoms with Crippen LogP contribution in [-0.2, 0) is 14.3 Å². The number of carbonyl (C=O) groups is 3. The number of hydrogen-bond acceptors (Lipinski definition) is 10. The van der Waals surface area contributed by atoms with Gasteiger partial charge in [-0.25, -0.2) is 23.5 Å². The third-order valence-electron chi connectivity index (χ3n) is 12.5. The summed E-state index contributed by atoms with van der Waals surface area (Å²) in [6.07, 6.45) is 2.94. The lowest BCUT2D eigenvalue weighted by Crippen LogP contribution is -2.47. The number of nitrogens with two attached hydrogens (primary N) is 1. The van der Waals surface area contributed by atoms with Crippen molar-refractivity contribution >= 4 is 36.1 Å². The predicted octanol–water partition coefficient (Wildman–Crippen LogP) is 6.49. The van der Waals surface area contributed by atoms with Gasteiger partial charge in [0.05, 0.1) is 12.2 Å². The number of rotatable bonds is 16. The van der Waals surface area contributed by atoms with Crippen LogP contribution in [0.3, 0.4) is 0 Å². The Kier molecular flexibility index (Phi) is 18.1. The number of amides is 2. The molecule has 2 aromatic carbocycles. The minimum atomic E-state index is -4.93. The molecule has 3 N–H and O–H groups in total. The van der Waals surface area contributed by atoms with E-state index in [1.54, 1.807) is 26.0 Å². The molecule has 3 aromatic rings. The van der Waals surface area contributed by atoms with E-state index < -0.39 is 29.9 Å². The number of carbonyl (C=O) groups excluding carboxylic acids is 3. The van der Waals surface area contributed by atoms with Crippen LogP contribution in [0.1, 0.15) is 85.7 Å². The number of aromatic nitrogens is 2. The van der Waals surface area contributed by atoms with Crippen LogP contribution < -0.4 is 11.1 Å². The third-order valence-corrected chi connectivity index (χ3v) is 12.5. The first-order valence-electron chi connectivity index (χ1n) is 21.8. The van der Waals surface area contributed by atoms with Gasteiger partial charge in [0.25, 0.3) is 0 Å². The Labute approximate surface area is 372 Å². The number of alkyl halides is 3. The van der Waals surface area contributed by atoms with Crippen molar-refractivity contribution in [2.24, 2.45) is 17.6 Å². The maximum atomic E-state index is 13.4. The number of halogens is 6. The Morgan fingerprint density at radius 1 is 0.778 bits per heavy atom. The largest absolute Gasteiger partial charge is 0.471 e. The van der Waals surface area contributed by atoms with Crippen molar-refractivity contribution in [1.29, 1.82) is 0 Å². The van der Waals surface area contributed by atoms with Crippen molar-refractivity contribution < 1.29 is 41.1 Å². The standard InChI is InChI=1S/C26H31F4N5O3.C19H28FN3O.ClH/c1-2-38-23(36)19-14-32-25(33-15-19)31-9-12-34-10-7-17(8-11-34)16-35(24(37)26(28,29)30)22-13-21(22)18-3-5-20(27)6-4-18;1-14(24)23(13-15-6-9-22(10-7-15)11-8-21)19-12-18(19)16-2-4-17(20)5-3-16;/h3-6,14-15,17,21-22H,2,7-13,16H2,1H3,(H,31,32,33);2-5,15,18-19H,6-13,21H2,1H3;1H. The maximum absolute atomic E-state index is 13.4. The average molecular weight is 907 g/mol. The number of piperidine rings is 2. The quantitative estimate of drug-likeness (QED) is 0.121. The maximum Gasteiger partial charge on any atom is 0.471 e. The van der Waals surface area contributed by atoms with Crippen LogP contribution in [-0.4, -0.2) is 138 Å². The zero-order valence-electron chi connectivity index (χ0n) is 36.0. The van der Waals surface area contributed by atoms with Gasteiger partial charge in [0.1, 0.15) is 11.6 Å². The van der Waals surface area contributed by atoms with Crippen LogP contribution in [0.15, 0.2) is 60.9 Å². The summed E-state index contributed by atoms with van der Waals surface area (Å²) in [5.41, 5.74) is 7.79. The van der Waals surface area contributed by atoms with Crippen molar-refractivity contribution in [2.45, 2.75) is 82.5 Å². The molecule has 4 atom stereocenters. The van der Waals surface area contributed by atoms with E-state index in [0.29, 0.717) is 69.8 Å². The van der Waals surface area contributed by atoms with Gasteiger partial charge in [-0.1, -0.05) is 24.3 Å². The highest BCUT2D eigenvalue weighted by Crippen LogP contribution is 2.47. The molecule has 346 valence electrons. The van der Waals surface area contributed by atoms with E-state index in [1.807, 2.05) is 12.1 Å². The molecule has 2 amide bonds. The van der Waals surface area contributed by atoms with Crippen LogP contribution in [0.5, 0.6) is 0 Å². The fourth-order valence-corrected chi connectivity index (χ4v) is 8.81. The van der Waals surface area contributed by atoms with Crippen LogP contribution in [0, 0.1) is 23.5 Å². The first-order chi connectivity index (χ1) is 29.7. The molecule has 0 spiro atoms. The molecule has 63 heavy (non-hydrogen) atoms. The van der Waals surface area contributed by atoms with Gasteiger partial charge in [0, 0.05) is 82.5 Å². The normalized spacial score (nSPS) is 21.6. The SMILES string of the molecule is CC(=O)N(CC1CCN(CCN)CC1)C1CC1c1ccc(F)cc1.CCOC(=O)c1cnc(NCCN2CCC(CN(C(=O)C(F)(F)F)C3CC3c3ccc(F)cc3)CC2)nc1.Cl. The van der Waals surface area contributed by atoms with Crippen LogP contribution >= 0.6 is 12.4 Å². The molecule has 12 nitrogen and oxygen atoms in total. The summed E-state index contributed by atoms with van der Waals surface area (Å²) in [7, 11) is 0. The van der Waals surface area contributed by atoms with Crippen molar-refractivity contribution in [1.82, 2.24) is 29.6 Å². The summed E-state index contributed by atoms with van der Waals surface area (Å²) < 4.78 is 71.3. The van der Waals surface area contributed by atoms with E-state index in [-0.39, 0.29) is 60.7 Å². The third kappa shape index (κ3) is 14.3. The average Bonchev–Trinajstić information content (AvgIpc) is 4.20. The zero-order chi connectivity index (χ0) is 44.4. The summed E-state index contributed by atoms with van der Waals surface area (Å²) in [5.74, 6) is -1.63. The van der Waals surface area contributed by atoms with Gasteiger partial charge in [-0.05, 0) is 119 Å². The number of benzene rings is 2. The van der Waals surface area contributed by atoms with Crippen molar-refractivity contribution in [3.63, 3.8) is 0 Å². The Hall–Kier alpha value is -4.45. The fraction of sp³-hybridized carbons (Fsp3) is 0.578. The van der Waals surface area contributed by atoms with E-state index >= 15 is 0 Å². The molecule has 1 aromatic heterocycles. The molecule has 4 fully saturated rings. The smallest absolute Gasteiger partial charge is 0.462 e. The molecule has 18 heteroatoms. The lowest BCUT2D eigenvalue weighted by atomic mass is 9.95. The monoisotopic (exact) mass is 906 g/mol. The molecule has 2 saturated heterocycles. The highest BCUT2D eigenvalue weighted by molar-refractivity contribution is 5.88. The van der Waals surface area contributed by atoms with E-state index in [2.05, 4.69) is 30.0 Å². The van der Waals surface area contributed by atoms with E-state index in [9.17, 15) is 36.3 Å². The number of nitrogens with zero attached hydrogens (tertiary/aromatic N) is 6.